The van der Waals surface area contributed by atoms with E-state index < -0.39 is 10.0 Å². The van der Waals surface area contributed by atoms with Crippen molar-refractivity contribution in [2.45, 2.75) is 11.8 Å². The smallest absolute Gasteiger partial charge is 0.271 e. The van der Waals surface area contributed by atoms with E-state index in [4.69, 9.17) is 9.26 Å². The lowest BCUT2D eigenvalue weighted by molar-refractivity contribution is 0.415. The van der Waals surface area contributed by atoms with Gasteiger partial charge in [0.15, 0.2) is 0 Å². The molecule has 1 heterocycles. The van der Waals surface area contributed by atoms with Crippen molar-refractivity contribution >= 4 is 37.5 Å². The van der Waals surface area contributed by atoms with Crippen LogP contribution in [0.2, 0.25) is 0 Å². The number of para-hydroxylation sites is 1. The summed E-state index contributed by atoms with van der Waals surface area (Å²) >= 11 is 3.39. The van der Waals surface area contributed by atoms with Crippen LogP contribution in [0.15, 0.2) is 92.8 Å². The predicted octanol–water partition coefficient (Wildman–Crippen LogP) is 5.95. The molecular weight excluding hydrogens is 480 g/mol. The van der Waals surface area contributed by atoms with Crippen LogP contribution in [0.1, 0.15) is 5.69 Å². The molecule has 1 aromatic heterocycles. The van der Waals surface area contributed by atoms with Gasteiger partial charge in [0.2, 0.25) is 0 Å². The maximum absolute atomic E-state index is 13.6. The lowest BCUT2D eigenvalue weighted by atomic mass is 10.1. The number of aromatic nitrogens is 1. The number of halogens is 1. The van der Waals surface area contributed by atoms with E-state index in [0.717, 1.165) is 21.2 Å². The summed E-state index contributed by atoms with van der Waals surface area (Å²) in [7, 11) is -2.36. The van der Waals surface area contributed by atoms with E-state index in [1.807, 2.05) is 30.3 Å². The first-order valence-corrected chi connectivity index (χ1v) is 11.6. The normalized spacial score (nSPS) is 11.3. The van der Waals surface area contributed by atoms with Crippen molar-refractivity contribution in [2.24, 2.45) is 0 Å². The molecule has 4 rings (SSSR count). The molecule has 0 atom stereocenters. The lowest BCUT2D eigenvalue weighted by Gasteiger charge is -2.22. The number of hydrogen-bond acceptors (Lipinski definition) is 5. The third-order valence-electron chi connectivity index (χ3n) is 4.77. The van der Waals surface area contributed by atoms with Crippen LogP contribution in [0.3, 0.4) is 0 Å². The summed E-state index contributed by atoms with van der Waals surface area (Å²) in [6, 6.07) is 23.0. The Bertz CT molecular complexity index is 1290. The molecule has 0 bridgehead atoms. The minimum Gasteiger partial charge on any atom is -0.497 e. The van der Waals surface area contributed by atoms with Crippen molar-refractivity contribution in [1.29, 1.82) is 0 Å². The zero-order chi connectivity index (χ0) is 22.0. The van der Waals surface area contributed by atoms with E-state index in [-0.39, 0.29) is 10.8 Å². The molecule has 0 saturated heterocycles. The molecule has 0 aliphatic heterocycles. The second-order valence-corrected chi connectivity index (χ2v) is 9.32. The molecule has 8 heteroatoms. The van der Waals surface area contributed by atoms with Crippen molar-refractivity contribution < 1.29 is 17.7 Å². The topological polar surface area (TPSA) is 72.6 Å². The van der Waals surface area contributed by atoms with Gasteiger partial charge in [-0.2, -0.15) is 4.31 Å². The SMILES string of the molecule is COc1ccc(-c2ccc(S(=O)(=O)N(c3ccccc3)c3onc(C)c3Br)cc2)cc1. The molecule has 4 aromatic rings. The van der Waals surface area contributed by atoms with Crippen LogP contribution in [0, 0.1) is 6.92 Å². The van der Waals surface area contributed by atoms with E-state index in [9.17, 15) is 8.42 Å². The second-order valence-electron chi connectivity index (χ2n) is 6.74. The van der Waals surface area contributed by atoms with Gasteiger partial charge in [-0.1, -0.05) is 47.6 Å². The zero-order valence-electron chi connectivity index (χ0n) is 16.8. The molecule has 0 amide bonds. The number of rotatable bonds is 6. The summed E-state index contributed by atoms with van der Waals surface area (Å²) in [4.78, 5) is 0.134. The highest BCUT2D eigenvalue weighted by molar-refractivity contribution is 9.10. The van der Waals surface area contributed by atoms with Crippen LogP contribution in [0.25, 0.3) is 11.1 Å². The second kappa shape index (κ2) is 8.56. The van der Waals surface area contributed by atoms with Crippen LogP contribution in [-0.2, 0) is 10.0 Å². The fourth-order valence-corrected chi connectivity index (χ4v) is 4.98. The fraction of sp³-hybridized carbons (Fsp3) is 0.0870. The van der Waals surface area contributed by atoms with Gasteiger partial charge in [-0.3, -0.25) is 0 Å². The van der Waals surface area contributed by atoms with E-state index in [0.29, 0.717) is 15.9 Å². The minimum absolute atomic E-state index is 0.0999. The molecule has 0 fully saturated rings. The summed E-state index contributed by atoms with van der Waals surface area (Å²) in [6.45, 7) is 1.73. The maximum Gasteiger partial charge on any atom is 0.271 e. The molecule has 0 saturated carbocycles. The van der Waals surface area contributed by atoms with Crippen LogP contribution in [-0.4, -0.2) is 20.7 Å². The first-order chi connectivity index (χ1) is 14.9. The van der Waals surface area contributed by atoms with Gasteiger partial charge in [0, 0.05) is 0 Å². The van der Waals surface area contributed by atoms with Crippen LogP contribution in [0.5, 0.6) is 5.75 Å². The van der Waals surface area contributed by atoms with E-state index >= 15 is 0 Å². The molecule has 0 radical (unpaired) electrons. The van der Waals surface area contributed by atoms with Crippen molar-refractivity contribution in [3.8, 4) is 16.9 Å². The summed E-state index contributed by atoms with van der Waals surface area (Å²) in [5.74, 6) is 0.859. The summed E-state index contributed by atoms with van der Waals surface area (Å²) < 4.78 is 39.4. The highest BCUT2D eigenvalue weighted by atomic mass is 79.9. The number of anilines is 2. The first-order valence-electron chi connectivity index (χ1n) is 9.38. The summed E-state index contributed by atoms with van der Waals surface area (Å²) in [5, 5.41) is 3.90. The van der Waals surface area contributed by atoms with Crippen LogP contribution >= 0.6 is 15.9 Å². The van der Waals surface area contributed by atoms with E-state index in [1.54, 1.807) is 62.6 Å². The molecule has 0 aliphatic carbocycles. The summed E-state index contributed by atoms with van der Waals surface area (Å²) in [5.41, 5.74) is 2.85. The monoisotopic (exact) mass is 498 g/mol. The molecule has 0 unspecified atom stereocenters. The first kappa shape index (κ1) is 21.1. The number of hydrogen-bond donors (Lipinski definition) is 0. The maximum atomic E-state index is 13.6. The number of sulfonamides is 1. The Morgan fingerprint density at radius 3 is 2.00 bits per heavy atom. The molecule has 158 valence electrons. The highest BCUT2D eigenvalue weighted by Gasteiger charge is 2.32. The van der Waals surface area contributed by atoms with Gasteiger partial charge in [0.25, 0.3) is 15.9 Å². The predicted molar refractivity (Wildman–Crippen MR) is 123 cm³/mol. The quantitative estimate of drug-likeness (QED) is 0.328. The molecule has 0 N–H and O–H groups in total. The van der Waals surface area contributed by atoms with Gasteiger partial charge in [0.1, 0.15) is 10.2 Å². The Kier molecular flexibility index (Phi) is 5.84. The molecular formula is C23H19BrN2O4S. The number of benzene rings is 3. The third-order valence-corrected chi connectivity index (χ3v) is 7.40. The van der Waals surface area contributed by atoms with Gasteiger partial charge in [-0.25, -0.2) is 8.42 Å². The van der Waals surface area contributed by atoms with Gasteiger partial charge in [-0.15, -0.1) is 0 Å². The number of ether oxygens (including phenoxy) is 1. The third kappa shape index (κ3) is 4.08. The zero-order valence-corrected chi connectivity index (χ0v) is 19.2. The highest BCUT2D eigenvalue weighted by Crippen LogP contribution is 2.38. The lowest BCUT2D eigenvalue weighted by Crippen LogP contribution is -2.26. The Hall–Kier alpha value is -3.10. The van der Waals surface area contributed by atoms with Crippen molar-refractivity contribution in [3.05, 3.63) is 89.0 Å². The van der Waals surface area contributed by atoms with Gasteiger partial charge in [-0.05, 0) is 70.4 Å². The van der Waals surface area contributed by atoms with Crippen LogP contribution < -0.4 is 9.04 Å². The molecule has 6 nitrogen and oxygen atoms in total. The molecule has 31 heavy (non-hydrogen) atoms. The molecule has 0 aliphatic rings. The average molecular weight is 499 g/mol. The van der Waals surface area contributed by atoms with Crippen molar-refractivity contribution in [1.82, 2.24) is 5.16 Å². The van der Waals surface area contributed by atoms with Gasteiger partial charge >= 0.3 is 0 Å². The summed E-state index contributed by atoms with van der Waals surface area (Å²) in [6.07, 6.45) is 0. The average Bonchev–Trinajstić information content (AvgIpc) is 3.13. The van der Waals surface area contributed by atoms with Crippen molar-refractivity contribution in [3.63, 3.8) is 0 Å². The van der Waals surface area contributed by atoms with Crippen molar-refractivity contribution in [2.75, 3.05) is 11.4 Å². The number of methoxy groups -OCH3 is 1. The Morgan fingerprint density at radius 1 is 0.903 bits per heavy atom. The standard InChI is InChI=1S/C23H19BrN2O4S/c1-16-22(24)23(30-25-16)26(19-6-4-3-5-7-19)31(27,28)21-14-10-18(11-15-21)17-8-12-20(29-2)13-9-17/h3-15H,1-2H3. The van der Waals surface area contributed by atoms with Crippen LogP contribution in [0.4, 0.5) is 11.6 Å². The van der Waals surface area contributed by atoms with E-state index in [2.05, 4.69) is 21.1 Å². The molecule has 3 aromatic carbocycles. The number of aryl methyl sites for hydroxylation is 1. The molecule has 0 spiro atoms. The Labute approximate surface area is 189 Å². The van der Waals surface area contributed by atoms with Gasteiger partial charge in [0.05, 0.1) is 23.4 Å². The fourth-order valence-electron chi connectivity index (χ4n) is 3.11. The van der Waals surface area contributed by atoms with Gasteiger partial charge < -0.3 is 9.26 Å². The number of nitrogens with zero attached hydrogens (tertiary/aromatic N) is 2. The van der Waals surface area contributed by atoms with E-state index in [1.165, 1.54) is 0 Å². The minimum atomic E-state index is -3.98. The Balaban J connectivity index is 1.76. The Morgan fingerprint density at radius 2 is 1.48 bits per heavy atom. The largest absolute Gasteiger partial charge is 0.497 e.